The summed E-state index contributed by atoms with van der Waals surface area (Å²) in [6.45, 7) is 2.46. The van der Waals surface area contributed by atoms with Crippen LogP contribution in [0.3, 0.4) is 0 Å². The van der Waals surface area contributed by atoms with E-state index in [1.807, 2.05) is 25.1 Å². The molecule has 3 rings (SSSR count). The highest BCUT2D eigenvalue weighted by atomic mass is 16.5. The molecule has 2 aromatic carbocycles. The molecule has 1 unspecified atom stereocenters. The molecule has 1 aromatic heterocycles. The maximum absolute atomic E-state index is 12.7. The van der Waals surface area contributed by atoms with Gasteiger partial charge in [0.15, 0.2) is 11.5 Å². The van der Waals surface area contributed by atoms with Crippen molar-refractivity contribution in [3.8, 4) is 11.5 Å². The van der Waals surface area contributed by atoms with Crippen molar-refractivity contribution in [1.29, 1.82) is 0 Å². The molecule has 170 valence electrons. The third-order valence-corrected chi connectivity index (χ3v) is 5.28. The van der Waals surface area contributed by atoms with E-state index >= 15 is 0 Å². The van der Waals surface area contributed by atoms with Gasteiger partial charge >= 0.3 is 0 Å². The molecule has 5 N–H and O–H groups in total. The zero-order chi connectivity index (χ0) is 23.1. The second kappa shape index (κ2) is 10.7. The smallest absolute Gasteiger partial charge is 0.255 e. The third-order valence-electron chi connectivity index (χ3n) is 5.28. The summed E-state index contributed by atoms with van der Waals surface area (Å²) in [5.74, 6) is 0.814. The number of aromatic amines is 1. The first-order valence-electron chi connectivity index (χ1n) is 10.6. The zero-order valence-electron chi connectivity index (χ0n) is 18.7. The number of hydrogen-bond acceptors (Lipinski definition) is 5. The zero-order valence-corrected chi connectivity index (χ0v) is 18.7. The van der Waals surface area contributed by atoms with Gasteiger partial charge in [-0.15, -0.1) is 0 Å². The van der Waals surface area contributed by atoms with E-state index in [2.05, 4.69) is 15.6 Å². The number of amides is 2. The number of ether oxygens (including phenoxy) is 2. The van der Waals surface area contributed by atoms with Gasteiger partial charge in [-0.25, -0.2) is 0 Å². The second-order valence-corrected chi connectivity index (χ2v) is 7.53. The van der Waals surface area contributed by atoms with Crippen LogP contribution in [0.25, 0.3) is 10.9 Å². The summed E-state index contributed by atoms with van der Waals surface area (Å²) in [5.41, 5.74) is 8.89. The van der Waals surface area contributed by atoms with Gasteiger partial charge in [-0.3, -0.25) is 9.59 Å². The highest BCUT2D eigenvalue weighted by molar-refractivity contribution is 6.06. The molecular formula is C24H30N4O4. The van der Waals surface area contributed by atoms with Gasteiger partial charge in [-0.1, -0.05) is 6.92 Å². The summed E-state index contributed by atoms with van der Waals surface area (Å²) in [6, 6.07) is 12.3. The lowest BCUT2D eigenvalue weighted by Crippen LogP contribution is -2.40. The van der Waals surface area contributed by atoms with Crippen LogP contribution in [0, 0.1) is 0 Å². The minimum absolute atomic E-state index is 0.116. The molecule has 0 aliphatic carbocycles. The Morgan fingerprint density at radius 2 is 1.84 bits per heavy atom. The van der Waals surface area contributed by atoms with Crippen LogP contribution in [-0.2, 0) is 11.2 Å². The van der Waals surface area contributed by atoms with Crippen molar-refractivity contribution in [2.24, 2.45) is 5.73 Å². The first kappa shape index (κ1) is 23.1. The quantitative estimate of drug-likeness (QED) is 0.363. The van der Waals surface area contributed by atoms with E-state index in [1.54, 1.807) is 38.5 Å². The number of hydrogen-bond donors (Lipinski definition) is 4. The van der Waals surface area contributed by atoms with Crippen molar-refractivity contribution in [1.82, 2.24) is 10.3 Å². The number of carbonyl (C=O) groups is 2. The van der Waals surface area contributed by atoms with Crippen LogP contribution < -0.4 is 25.8 Å². The van der Waals surface area contributed by atoms with Crippen LogP contribution in [0.2, 0.25) is 0 Å². The van der Waals surface area contributed by atoms with Gasteiger partial charge < -0.3 is 30.8 Å². The highest BCUT2D eigenvalue weighted by Gasteiger charge is 2.12. The lowest BCUT2D eigenvalue weighted by molar-refractivity contribution is -0.122. The minimum Gasteiger partial charge on any atom is -0.493 e. The molecule has 1 heterocycles. The Kier molecular flexibility index (Phi) is 7.72. The summed E-state index contributed by atoms with van der Waals surface area (Å²) < 4.78 is 10.5. The van der Waals surface area contributed by atoms with E-state index in [0.717, 1.165) is 29.4 Å². The van der Waals surface area contributed by atoms with Crippen LogP contribution in [0.4, 0.5) is 5.69 Å². The Morgan fingerprint density at radius 1 is 1.06 bits per heavy atom. The SMILES string of the molecule is CCC(N)C(=O)NCCCc1cc2cc(C(=O)Nc3ccc(OC)c(OC)c3)ccc2[nH]1. The van der Waals surface area contributed by atoms with Gasteiger partial charge in [0, 0.05) is 40.5 Å². The Labute approximate surface area is 187 Å². The van der Waals surface area contributed by atoms with Crippen LogP contribution in [0.5, 0.6) is 11.5 Å². The van der Waals surface area contributed by atoms with Crippen molar-refractivity contribution in [3.05, 3.63) is 53.7 Å². The number of carbonyl (C=O) groups excluding carboxylic acids is 2. The maximum atomic E-state index is 12.7. The number of benzene rings is 2. The lowest BCUT2D eigenvalue weighted by Gasteiger charge is -2.10. The molecular weight excluding hydrogens is 408 g/mol. The van der Waals surface area contributed by atoms with Crippen molar-refractivity contribution in [2.45, 2.75) is 32.2 Å². The van der Waals surface area contributed by atoms with Gasteiger partial charge in [0.05, 0.1) is 20.3 Å². The molecule has 3 aromatic rings. The monoisotopic (exact) mass is 438 g/mol. The molecule has 0 spiro atoms. The Hall–Kier alpha value is -3.52. The molecule has 0 aliphatic rings. The molecule has 8 nitrogen and oxygen atoms in total. The van der Waals surface area contributed by atoms with E-state index in [0.29, 0.717) is 35.7 Å². The van der Waals surface area contributed by atoms with E-state index in [1.165, 1.54) is 0 Å². The van der Waals surface area contributed by atoms with Gasteiger partial charge in [-0.05, 0) is 55.7 Å². The number of methoxy groups -OCH3 is 2. The van der Waals surface area contributed by atoms with Crippen LogP contribution in [0.1, 0.15) is 35.8 Å². The average Bonchev–Trinajstić information content (AvgIpc) is 3.22. The number of rotatable bonds is 10. The predicted molar refractivity (Wildman–Crippen MR) is 125 cm³/mol. The van der Waals surface area contributed by atoms with Crippen molar-refractivity contribution < 1.29 is 19.1 Å². The predicted octanol–water partition coefficient (Wildman–Crippen LogP) is 3.22. The van der Waals surface area contributed by atoms with Gasteiger partial charge in [0.2, 0.25) is 5.91 Å². The fraction of sp³-hybridized carbons (Fsp3) is 0.333. The number of H-pyrrole nitrogens is 1. The first-order chi connectivity index (χ1) is 15.4. The fourth-order valence-electron chi connectivity index (χ4n) is 3.39. The van der Waals surface area contributed by atoms with Crippen LogP contribution in [-0.4, -0.2) is 43.6 Å². The van der Waals surface area contributed by atoms with E-state index in [-0.39, 0.29) is 11.8 Å². The standard InChI is InChI=1S/C24H30N4O4/c1-4-19(25)24(30)26-11-5-6-17-13-16-12-15(7-9-20(16)27-17)23(29)28-18-8-10-21(31-2)22(14-18)32-3/h7-10,12-14,19,27H,4-6,11,25H2,1-3H3,(H,26,30)(H,28,29). The summed E-state index contributed by atoms with van der Waals surface area (Å²) in [4.78, 5) is 27.8. The fourth-order valence-corrected chi connectivity index (χ4v) is 3.39. The minimum atomic E-state index is -0.452. The molecule has 1 atom stereocenters. The molecule has 0 fully saturated rings. The largest absolute Gasteiger partial charge is 0.493 e. The Bertz CT molecular complexity index is 1090. The molecule has 0 bridgehead atoms. The molecule has 0 saturated heterocycles. The lowest BCUT2D eigenvalue weighted by atomic mass is 10.1. The number of anilines is 1. The normalized spacial score (nSPS) is 11.8. The van der Waals surface area contributed by atoms with Crippen molar-refractivity contribution in [3.63, 3.8) is 0 Å². The summed E-state index contributed by atoms with van der Waals surface area (Å²) >= 11 is 0. The molecule has 8 heteroatoms. The number of aryl methyl sites for hydroxylation is 1. The first-order valence-corrected chi connectivity index (χ1v) is 10.6. The van der Waals surface area contributed by atoms with Crippen molar-refractivity contribution in [2.75, 3.05) is 26.1 Å². The van der Waals surface area contributed by atoms with Gasteiger partial charge in [0.1, 0.15) is 0 Å². The number of aromatic nitrogens is 1. The molecule has 0 saturated carbocycles. The third kappa shape index (κ3) is 5.59. The highest BCUT2D eigenvalue weighted by Crippen LogP contribution is 2.30. The summed E-state index contributed by atoms with van der Waals surface area (Å²) in [6.07, 6.45) is 2.20. The van der Waals surface area contributed by atoms with E-state index in [9.17, 15) is 9.59 Å². The second-order valence-electron chi connectivity index (χ2n) is 7.53. The average molecular weight is 439 g/mol. The van der Waals surface area contributed by atoms with Crippen LogP contribution >= 0.6 is 0 Å². The molecule has 0 radical (unpaired) electrons. The van der Waals surface area contributed by atoms with Crippen molar-refractivity contribution >= 4 is 28.4 Å². The molecule has 32 heavy (non-hydrogen) atoms. The molecule has 2 amide bonds. The van der Waals surface area contributed by atoms with E-state index < -0.39 is 6.04 Å². The number of nitrogens with two attached hydrogens (primary N) is 1. The Morgan fingerprint density at radius 3 is 2.56 bits per heavy atom. The summed E-state index contributed by atoms with van der Waals surface area (Å²) in [5, 5.41) is 6.69. The maximum Gasteiger partial charge on any atom is 0.255 e. The van der Waals surface area contributed by atoms with Gasteiger partial charge in [-0.2, -0.15) is 0 Å². The van der Waals surface area contributed by atoms with E-state index in [4.69, 9.17) is 15.2 Å². The molecule has 0 aliphatic heterocycles. The Balaban J connectivity index is 1.61. The summed E-state index contributed by atoms with van der Waals surface area (Å²) in [7, 11) is 3.11. The number of fused-ring (bicyclic) bond motifs is 1. The van der Waals surface area contributed by atoms with Crippen LogP contribution in [0.15, 0.2) is 42.5 Å². The van der Waals surface area contributed by atoms with Gasteiger partial charge in [0.25, 0.3) is 5.91 Å². The number of nitrogens with one attached hydrogen (secondary N) is 3. The topological polar surface area (TPSA) is 118 Å².